The molecule has 0 aromatic heterocycles. The summed E-state index contributed by atoms with van der Waals surface area (Å²) >= 11 is 3.59. The van der Waals surface area contributed by atoms with E-state index in [1.165, 1.54) is 22.5 Å². The van der Waals surface area contributed by atoms with Crippen molar-refractivity contribution in [2.45, 2.75) is 20.4 Å². The molecule has 1 N–H and O–H groups in total. The van der Waals surface area contributed by atoms with Gasteiger partial charge in [-0.3, -0.25) is 0 Å². The van der Waals surface area contributed by atoms with Gasteiger partial charge in [-0.15, -0.1) is 0 Å². The molecule has 0 amide bonds. The Hall–Kier alpha value is -1.32. The smallest absolute Gasteiger partial charge is 0.0467 e. The first-order chi connectivity index (χ1) is 9.67. The van der Waals surface area contributed by atoms with Gasteiger partial charge >= 0.3 is 0 Å². The second-order valence-corrected chi connectivity index (χ2v) is 5.75. The highest BCUT2D eigenvalue weighted by molar-refractivity contribution is 9.10. The standard InChI is InChI=1S/C17H21BrN2/c1-4-20(16-8-6-5-7-13(16)2)17-11-15(18)10-9-14(17)12-19-3/h5-11,19H,4,12H2,1-3H3. The Morgan fingerprint density at radius 2 is 1.85 bits per heavy atom. The molecule has 0 bridgehead atoms. The lowest BCUT2D eigenvalue weighted by Gasteiger charge is -2.27. The largest absolute Gasteiger partial charge is 0.341 e. The van der Waals surface area contributed by atoms with E-state index in [1.54, 1.807) is 0 Å². The molecular formula is C17H21BrN2. The van der Waals surface area contributed by atoms with Crippen LogP contribution >= 0.6 is 15.9 Å². The van der Waals surface area contributed by atoms with Crippen molar-refractivity contribution in [2.75, 3.05) is 18.5 Å². The quantitative estimate of drug-likeness (QED) is 0.858. The number of rotatable bonds is 5. The minimum absolute atomic E-state index is 0.866. The molecule has 0 unspecified atom stereocenters. The SMILES string of the molecule is CCN(c1ccccc1C)c1cc(Br)ccc1CNC. The molecule has 0 aliphatic rings. The third-order valence-corrected chi connectivity index (χ3v) is 3.92. The number of aryl methyl sites for hydroxylation is 1. The fourth-order valence-corrected chi connectivity index (χ4v) is 2.81. The predicted octanol–water partition coefficient (Wildman–Crippen LogP) is 4.63. The van der Waals surface area contributed by atoms with Crippen molar-refractivity contribution in [1.29, 1.82) is 0 Å². The van der Waals surface area contributed by atoms with Crippen molar-refractivity contribution in [3.8, 4) is 0 Å². The van der Waals surface area contributed by atoms with E-state index in [2.05, 4.69) is 82.5 Å². The molecule has 2 aromatic carbocycles. The summed E-state index contributed by atoms with van der Waals surface area (Å²) in [6.07, 6.45) is 0. The van der Waals surface area contributed by atoms with Crippen LogP contribution in [0.4, 0.5) is 11.4 Å². The van der Waals surface area contributed by atoms with E-state index in [0.717, 1.165) is 17.6 Å². The van der Waals surface area contributed by atoms with Crippen molar-refractivity contribution in [1.82, 2.24) is 5.32 Å². The molecule has 2 nitrogen and oxygen atoms in total. The maximum absolute atomic E-state index is 3.59. The molecule has 3 heteroatoms. The van der Waals surface area contributed by atoms with Crippen molar-refractivity contribution in [3.05, 3.63) is 58.1 Å². The highest BCUT2D eigenvalue weighted by atomic mass is 79.9. The third kappa shape index (κ3) is 3.22. The maximum Gasteiger partial charge on any atom is 0.0467 e. The number of nitrogens with one attached hydrogen (secondary N) is 1. The van der Waals surface area contributed by atoms with Crippen LogP contribution in [-0.2, 0) is 6.54 Å². The fraction of sp³-hybridized carbons (Fsp3) is 0.294. The third-order valence-electron chi connectivity index (χ3n) is 3.43. The molecule has 0 atom stereocenters. The van der Waals surface area contributed by atoms with Gasteiger partial charge in [0.2, 0.25) is 0 Å². The molecule has 0 aliphatic carbocycles. The molecule has 0 aliphatic heterocycles. The molecule has 0 saturated heterocycles. The van der Waals surface area contributed by atoms with Crippen molar-refractivity contribution in [3.63, 3.8) is 0 Å². The van der Waals surface area contributed by atoms with Gasteiger partial charge in [-0.05, 0) is 50.2 Å². The number of halogens is 1. The summed E-state index contributed by atoms with van der Waals surface area (Å²) in [5, 5.41) is 3.25. The molecule has 0 spiro atoms. The minimum atomic E-state index is 0.866. The van der Waals surface area contributed by atoms with Crippen LogP contribution in [0.25, 0.3) is 0 Å². The van der Waals surface area contributed by atoms with Crippen LogP contribution < -0.4 is 10.2 Å². The molecule has 20 heavy (non-hydrogen) atoms. The number of hydrogen-bond acceptors (Lipinski definition) is 2. The van der Waals surface area contributed by atoms with E-state index in [4.69, 9.17) is 0 Å². The molecule has 2 aromatic rings. The number of nitrogens with zero attached hydrogens (tertiary/aromatic N) is 1. The van der Waals surface area contributed by atoms with Crippen LogP contribution in [-0.4, -0.2) is 13.6 Å². The minimum Gasteiger partial charge on any atom is -0.341 e. The zero-order valence-corrected chi connectivity index (χ0v) is 13.9. The van der Waals surface area contributed by atoms with Crippen molar-refractivity contribution in [2.24, 2.45) is 0 Å². The zero-order chi connectivity index (χ0) is 14.5. The summed E-state index contributed by atoms with van der Waals surface area (Å²) in [6, 6.07) is 15.0. The Morgan fingerprint density at radius 3 is 2.50 bits per heavy atom. The van der Waals surface area contributed by atoms with Gasteiger partial charge in [0.05, 0.1) is 0 Å². The van der Waals surface area contributed by atoms with E-state index < -0.39 is 0 Å². The fourth-order valence-electron chi connectivity index (χ4n) is 2.46. The number of benzene rings is 2. The summed E-state index contributed by atoms with van der Waals surface area (Å²) in [4.78, 5) is 2.37. The number of para-hydroxylation sites is 1. The van der Waals surface area contributed by atoms with Gasteiger partial charge in [0.1, 0.15) is 0 Å². The molecular weight excluding hydrogens is 312 g/mol. The van der Waals surface area contributed by atoms with E-state index in [-0.39, 0.29) is 0 Å². The van der Waals surface area contributed by atoms with Crippen LogP contribution in [0.15, 0.2) is 46.9 Å². The first-order valence-corrected chi connectivity index (χ1v) is 7.73. The molecule has 0 fully saturated rings. The van der Waals surface area contributed by atoms with Crippen LogP contribution in [0.1, 0.15) is 18.1 Å². The molecule has 0 saturated carbocycles. The molecule has 2 rings (SSSR count). The Bertz CT molecular complexity index is 581. The topological polar surface area (TPSA) is 15.3 Å². The Morgan fingerprint density at radius 1 is 1.10 bits per heavy atom. The Balaban J connectivity index is 2.51. The summed E-state index contributed by atoms with van der Waals surface area (Å²) in [7, 11) is 1.98. The molecule has 0 heterocycles. The summed E-state index contributed by atoms with van der Waals surface area (Å²) in [5.41, 5.74) is 5.13. The van der Waals surface area contributed by atoms with Crippen LogP contribution in [0, 0.1) is 6.92 Å². The Labute approximate surface area is 129 Å². The number of anilines is 2. The summed E-state index contributed by atoms with van der Waals surface area (Å²) in [5.74, 6) is 0. The van der Waals surface area contributed by atoms with Crippen molar-refractivity contribution < 1.29 is 0 Å². The second-order valence-electron chi connectivity index (χ2n) is 4.83. The van der Waals surface area contributed by atoms with Gasteiger partial charge in [0, 0.05) is 28.9 Å². The highest BCUT2D eigenvalue weighted by Gasteiger charge is 2.13. The molecule has 106 valence electrons. The second kappa shape index (κ2) is 6.91. The lowest BCUT2D eigenvalue weighted by molar-refractivity contribution is 0.812. The van der Waals surface area contributed by atoms with E-state index in [9.17, 15) is 0 Å². The normalized spacial score (nSPS) is 10.6. The highest BCUT2D eigenvalue weighted by Crippen LogP contribution is 2.32. The first kappa shape index (κ1) is 15.1. The average Bonchev–Trinajstić information content (AvgIpc) is 2.44. The van der Waals surface area contributed by atoms with E-state index >= 15 is 0 Å². The van der Waals surface area contributed by atoms with Crippen molar-refractivity contribution >= 4 is 27.3 Å². The van der Waals surface area contributed by atoms with E-state index in [0.29, 0.717) is 0 Å². The zero-order valence-electron chi connectivity index (χ0n) is 12.3. The first-order valence-electron chi connectivity index (χ1n) is 6.93. The maximum atomic E-state index is 3.59. The lowest BCUT2D eigenvalue weighted by atomic mass is 10.1. The van der Waals surface area contributed by atoms with Gasteiger partial charge in [-0.25, -0.2) is 0 Å². The predicted molar refractivity (Wildman–Crippen MR) is 90.8 cm³/mol. The lowest BCUT2D eigenvalue weighted by Crippen LogP contribution is -2.20. The van der Waals surface area contributed by atoms with Gasteiger partial charge in [-0.2, -0.15) is 0 Å². The van der Waals surface area contributed by atoms with Gasteiger partial charge in [0.25, 0.3) is 0 Å². The van der Waals surface area contributed by atoms with Crippen LogP contribution in [0.2, 0.25) is 0 Å². The summed E-state index contributed by atoms with van der Waals surface area (Å²) < 4.78 is 1.11. The van der Waals surface area contributed by atoms with Crippen LogP contribution in [0.5, 0.6) is 0 Å². The van der Waals surface area contributed by atoms with E-state index in [1.807, 2.05) is 7.05 Å². The van der Waals surface area contributed by atoms with Gasteiger partial charge in [0.15, 0.2) is 0 Å². The van der Waals surface area contributed by atoms with Gasteiger partial charge < -0.3 is 10.2 Å². The average molecular weight is 333 g/mol. The van der Waals surface area contributed by atoms with Gasteiger partial charge in [-0.1, -0.05) is 40.2 Å². The number of hydrogen-bond donors (Lipinski definition) is 1. The monoisotopic (exact) mass is 332 g/mol. The molecule has 0 radical (unpaired) electrons. The van der Waals surface area contributed by atoms with Crippen LogP contribution in [0.3, 0.4) is 0 Å². The Kier molecular flexibility index (Phi) is 5.21. The summed E-state index contributed by atoms with van der Waals surface area (Å²) in [6.45, 7) is 6.16.